The zero-order valence-corrected chi connectivity index (χ0v) is 20.9. The van der Waals surface area contributed by atoms with Crippen LogP contribution in [-0.2, 0) is 17.9 Å². The molecule has 0 saturated carbocycles. The number of carboxylic acid groups (broad SMARTS) is 1. The third kappa shape index (κ3) is 8.05. The smallest absolute Gasteiger partial charge is 0.303 e. The first-order valence-corrected chi connectivity index (χ1v) is 12.7. The molecule has 0 spiro atoms. The highest BCUT2D eigenvalue weighted by Gasteiger charge is 2.18. The van der Waals surface area contributed by atoms with Gasteiger partial charge in [-0.1, -0.05) is 33.1 Å². The van der Waals surface area contributed by atoms with E-state index in [-0.39, 0.29) is 12.3 Å². The second kappa shape index (κ2) is 13.4. The number of carbonyl (C=O) groups excluding carboxylic acids is 1. The highest BCUT2D eigenvalue weighted by molar-refractivity contribution is 5.95. The van der Waals surface area contributed by atoms with Crippen LogP contribution >= 0.6 is 0 Å². The molecule has 0 saturated heterocycles. The van der Waals surface area contributed by atoms with Gasteiger partial charge in [-0.15, -0.1) is 0 Å². The summed E-state index contributed by atoms with van der Waals surface area (Å²) in [6.45, 7) is 6.72. The summed E-state index contributed by atoms with van der Waals surface area (Å²) in [7, 11) is 0. The number of hydrogen-bond acceptors (Lipinski definition) is 3. The number of rotatable bonds is 15. The lowest BCUT2D eigenvalue weighted by Gasteiger charge is -2.07. The average molecular weight is 483 g/mol. The summed E-state index contributed by atoms with van der Waals surface area (Å²) in [6.07, 6.45) is 18.7. The van der Waals surface area contributed by atoms with E-state index in [2.05, 4.69) is 28.3 Å². The third-order valence-electron chi connectivity index (χ3n) is 5.87. The van der Waals surface area contributed by atoms with E-state index in [0.717, 1.165) is 51.6 Å². The van der Waals surface area contributed by atoms with E-state index in [1.807, 2.05) is 58.7 Å². The largest absolute Gasteiger partial charge is 0.481 e. The van der Waals surface area contributed by atoms with Crippen LogP contribution in [0.1, 0.15) is 75.6 Å². The Morgan fingerprint density at radius 2 is 1.46 bits per heavy atom. The fourth-order valence-corrected chi connectivity index (χ4v) is 3.78. The van der Waals surface area contributed by atoms with E-state index in [1.165, 1.54) is 0 Å². The summed E-state index contributed by atoms with van der Waals surface area (Å²) < 4.78 is 8.14. The van der Waals surface area contributed by atoms with Gasteiger partial charge in [0, 0.05) is 25.1 Å². The van der Waals surface area contributed by atoms with Crippen molar-refractivity contribution in [3.63, 3.8) is 0 Å². The lowest BCUT2D eigenvalue weighted by Crippen LogP contribution is -2.31. The Morgan fingerprint density at radius 3 is 1.97 bits per heavy atom. The van der Waals surface area contributed by atoms with Crippen LogP contribution in [0.3, 0.4) is 0 Å². The number of imidazole rings is 2. The number of hydrogen-bond donors (Lipinski definition) is 2. The molecule has 3 rings (SSSR count). The Morgan fingerprint density at radius 1 is 0.886 bits per heavy atom. The van der Waals surface area contributed by atoms with Crippen molar-refractivity contribution in [2.75, 3.05) is 6.54 Å². The molecule has 0 aromatic carbocycles. The van der Waals surface area contributed by atoms with Gasteiger partial charge in [-0.2, -0.15) is 14.1 Å². The Hall–Kier alpha value is -3.49. The molecule has 3 aromatic rings. The summed E-state index contributed by atoms with van der Waals surface area (Å²) >= 11 is 0. The summed E-state index contributed by atoms with van der Waals surface area (Å²) in [5.41, 5.74) is 0.540. The van der Waals surface area contributed by atoms with Crippen molar-refractivity contribution in [2.24, 2.45) is 0 Å². The number of nitrogens with one attached hydrogen (secondary N) is 1. The Balaban J connectivity index is 1.79. The van der Waals surface area contributed by atoms with Gasteiger partial charge in [0.1, 0.15) is 24.8 Å². The van der Waals surface area contributed by atoms with Gasteiger partial charge in [0.05, 0.1) is 18.7 Å². The molecule has 0 aliphatic carbocycles. The van der Waals surface area contributed by atoms with Crippen molar-refractivity contribution in [1.29, 1.82) is 0 Å². The minimum atomic E-state index is -0.784. The van der Waals surface area contributed by atoms with Crippen LogP contribution < -0.4 is 14.5 Å². The number of unbranched alkanes of at least 4 members (excludes halogenated alkanes) is 4. The maximum absolute atomic E-state index is 13.0. The molecule has 0 unspecified atom stereocenters. The van der Waals surface area contributed by atoms with Crippen LogP contribution in [0.25, 0.3) is 11.6 Å². The molecule has 3 heterocycles. The van der Waals surface area contributed by atoms with Crippen molar-refractivity contribution in [2.45, 2.75) is 78.3 Å². The van der Waals surface area contributed by atoms with Gasteiger partial charge in [-0.25, -0.2) is 9.13 Å². The van der Waals surface area contributed by atoms with E-state index < -0.39 is 5.97 Å². The normalized spacial score (nSPS) is 11.0. The Bertz CT molecular complexity index is 1040. The number of pyridine rings is 1. The zero-order valence-electron chi connectivity index (χ0n) is 20.9. The number of aryl methyl sites for hydroxylation is 2. The minimum absolute atomic E-state index is 0.162. The molecule has 0 atom stereocenters. The zero-order chi connectivity index (χ0) is 25.0. The number of carboxylic acids is 1. The second-order valence-electron chi connectivity index (χ2n) is 8.86. The molecule has 0 aliphatic rings. The predicted octanol–water partition coefficient (Wildman–Crippen LogP) is 3.21. The molecular weight excluding hydrogens is 444 g/mol. The Kier molecular flexibility index (Phi) is 10.0. The topological polar surface area (TPSA) is 96.9 Å². The van der Waals surface area contributed by atoms with Gasteiger partial charge in [0.15, 0.2) is 0 Å². The maximum atomic E-state index is 13.0. The number of nitrogens with zero attached hydrogens (tertiary/aromatic N) is 5. The lowest BCUT2D eigenvalue weighted by molar-refractivity contribution is -0.696. The maximum Gasteiger partial charge on any atom is 0.303 e. The van der Waals surface area contributed by atoms with E-state index in [1.54, 1.807) is 0 Å². The SMILES string of the molecule is CCCC[n+]1ccn(-c2cc(C(=O)NCCCCCC(=O)O)cc(-n3cc[n+](CCCC)c3)n2)c1. The van der Waals surface area contributed by atoms with Gasteiger partial charge in [-0.3, -0.25) is 9.59 Å². The van der Waals surface area contributed by atoms with Gasteiger partial charge in [-0.05, 0) is 25.7 Å². The number of aliphatic carboxylic acids is 1. The van der Waals surface area contributed by atoms with Crippen molar-refractivity contribution in [1.82, 2.24) is 19.4 Å². The molecule has 9 nitrogen and oxygen atoms in total. The quantitative estimate of drug-likeness (QED) is 0.257. The lowest BCUT2D eigenvalue weighted by atomic mass is 10.2. The number of aromatic nitrogens is 5. The molecule has 2 N–H and O–H groups in total. The number of carbonyl (C=O) groups is 2. The molecule has 1 amide bonds. The van der Waals surface area contributed by atoms with Gasteiger partial charge in [0.25, 0.3) is 5.91 Å². The molecule has 3 aromatic heterocycles. The van der Waals surface area contributed by atoms with Crippen LogP contribution in [-0.4, -0.2) is 37.6 Å². The molecule has 35 heavy (non-hydrogen) atoms. The van der Waals surface area contributed by atoms with Crippen LogP contribution in [0.2, 0.25) is 0 Å². The van der Waals surface area contributed by atoms with Crippen LogP contribution in [0.4, 0.5) is 0 Å². The predicted molar refractivity (Wildman–Crippen MR) is 132 cm³/mol. The second-order valence-corrected chi connectivity index (χ2v) is 8.86. The standard InChI is InChI=1S/C26H36N6O3/c1-3-5-12-29-14-16-31(20-29)23-18-22(26(35)27-11-9-7-8-10-25(33)34)19-24(28-23)32-17-15-30(21-32)13-6-4-2/h14-21H,3-13H2,1-2H3/p+2. The molecule has 0 bridgehead atoms. The van der Waals surface area contributed by atoms with E-state index in [0.29, 0.717) is 30.2 Å². The molecule has 0 radical (unpaired) electrons. The first kappa shape index (κ1) is 26.1. The Labute approximate surface area is 207 Å². The van der Waals surface area contributed by atoms with Gasteiger partial charge >= 0.3 is 5.97 Å². The third-order valence-corrected chi connectivity index (χ3v) is 5.87. The first-order valence-electron chi connectivity index (χ1n) is 12.7. The number of amides is 1. The minimum Gasteiger partial charge on any atom is -0.481 e. The summed E-state index contributed by atoms with van der Waals surface area (Å²) in [5, 5.41) is 11.7. The average Bonchev–Trinajstić information content (AvgIpc) is 3.53. The van der Waals surface area contributed by atoms with E-state index >= 15 is 0 Å². The molecule has 9 heteroatoms. The summed E-state index contributed by atoms with van der Waals surface area (Å²) in [5.74, 6) is 0.412. The monoisotopic (exact) mass is 482 g/mol. The highest BCUT2D eigenvalue weighted by Crippen LogP contribution is 2.14. The molecule has 188 valence electrons. The fraction of sp³-hybridized carbons (Fsp3) is 0.500. The molecule has 0 fully saturated rings. The van der Waals surface area contributed by atoms with Gasteiger partial charge in [0.2, 0.25) is 24.3 Å². The van der Waals surface area contributed by atoms with Crippen molar-refractivity contribution in [3.05, 3.63) is 55.1 Å². The van der Waals surface area contributed by atoms with Crippen molar-refractivity contribution < 1.29 is 23.8 Å². The van der Waals surface area contributed by atoms with Crippen molar-refractivity contribution in [3.8, 4) is 11.6 Å². The fourth-order valence-electron chi connectivity index (χ4n) is 3.78. The van der Waals surface area contributed by atoms with Crippen LogP contribution in [0.15, 0.2) is 49.6 Å². The van der Waals surface area contributed by atoms with Crippen LogP contribution in [0.5, 0.6) is 0 Å². The summed E-state index contributed by atoms with van der Waals surface area (Å²) in [6, 6.07) is 3.62. The summed E-state index contributed by atoms with van der Waals surface area (Å²) in [4.78, 5) is 28.5. The van der Waals surface area contributed by atoms with Crippen molar-refractivity contribution >= 4 is 11.9 Å². The van der Waals surface area contributed by atoms with E-state index in [9.17, 15) is 9.59 Å². The van der Waals surface area contributed by atoms with Crippen LogP contribution in [0, 0.1) is 0 Å². The first-order chi connectivity index (χ1) is 17.0. The molecular formula is C26H38N6O3+2. The van der Waals surface area contributed by atoms with Gasteiger partial charge < -0.3 is 10.4 Å². The molecule has 0 aliphatic heterocycles. The van der Waals surface area contributed by atoms with E-state index in [4.69, 9.17) is 10.1 Å². The highest BCUT2D eigenvalue weighted by atomic mass is 16.4.